The monoisotopic (exact) mass is 321 g/mol. The summed E-state index contributed by atoms with van der Waals surface area (Å²) in [6.07, 6.45) is 3.33. The average molecular weight is 322 g/mol. The van der Waals surface area contributed by atoms with Crippen LogP contribution in [0.1, 0.15) is 38.4 Å². The zero-order valence-corrected chi connectivity index (χ0v) is 17.7. The summed E-state index contributed by atoms with van der Waals surface area (Å²) in [5.41, 5.74) is 3.13. The number of aromatic nitrogens is 1. The standard InChI is InChI=1S/C18H35NSi2/c1-15-11-10-12-19-16(15)14-21(8,9)17(20(5,6)7)13-18(2,3)4/h10-12,17H,13-14H2,1-9H3. The van der Waals surface area contributed by atoms with Gasteiger partial charge in [-0.2, -0.15) is 0 Å². The Hall–Kier alpha value is -0.416. The van der Waals surface area contributed by atoms with E-state index in [-0.39, 0.29) is 0 Å². The summed E-state index contributed by atoms with van der Waals surface area (Å²) in [6.45, 7) is 22.3. The lowest BCUT2D eigenvalue weighted by atomic mass is 9.93. The predicted molar refractivity (Wildman–Crippen MR) is 101 cm³/mol. The molecule has 0 saturated carbocycles. The van der Waals surface area contributed by atoms with Crippen LogP contribution >= 0.6 is 0 Å². The Kier molecular flexibility index (Phi) is 5.65. The summed E-state index contributed by atoms with van der Waals surface area (Å²) < 4.78 is 0. The highest BCUT2D eigenvalue weighted by Gasteiger charge is 2.42. The van der Waals surface area contributed by atoms with Gasteiger partial charge in [-0.3, -0.25) is 4.98 Å². The summed E-state index contributed by atoms with van der Waals surface area (Å²) in [6, 6.07) is 5.49. The van der Waals surface area contributed by atoms with Crippen molar-refractivity contribution in [3.05, 3.63) is 29.6 Å². The van der Waals surface area contributed by atoms with Gasteiger partial charge in [0, 0.05) is 20.0 Å². The van der Waals surface area contributed by atoms with Crippen molar-refractivity contribution >= 4 is 16.1 Å². The van der Waals surface area contributed by atoms with Crippen molar-refractivity contribution in [2.75, 3.05) is 0 Å². The maximum atomic E-state index is 4.67. The van der Waals surface area contributed by atoms with Crippen molar-refractivity contribution in [2.45, 2.75) is 78.1 Å². The molecule has 1 heterocycles. The second-order valence-corrected chi connectivity index (χ2v) is 20.6. The van der Waals surface area contributed by atoms with Crippen molar-refractivity contribution in [1.29, 1.82) is 0 Å². The molecule has 0 aliphatic rings. The molecular weight excluding hydrogens is 286 g/mol. The fourth-order valence-corrected chi connectivity index (χ4v) is 17.2. The summed E-state index contributed by atoms with van der Waals surface area (Å²) >= 11 is 0. The molecule has 1 nitrogen and oxygen atoms in total. The van der Waals surface area contributed by atoms with Crippen LogP contribution in [0.3, 0.4) is 0 Å². The first-order valence-corrected chi connectivity index (χ1v) is 15.1. The van der Waals surface area contributed by atoms with Gasteiger partial charge in [0.15, 0.2) is 0 Å². The van der Waals surface area contributed by atoms with Gasteiger partial charge in [-0.05, 0) is 35.2 Å². The summed E-state index contributed by atoms with van der Waals surface area (Å²) in [7, 11) is -2.52. The number of nitrogens with zero attached hydrogens (tertiary/aromatic N) is 1. The molecule has 1 unspecified atom stereocenters. The van der Waals surface area contributed by atoms with Crippen LogP contribution in [0.15, 0.2) is 18.3 Å². The fraction of sp³-hybridized carbons (Fsp3) is 0.722. The molecule has 0 amide bonds. The topological polar surface area (TPSA) is 12.9 Å². The van der Waals surface area contributed by atoms with Crippen molar-refractivity contribution < 1.29 is 0 Å². The molecule has 0 fully saturated rings. The molecule has 120 valence electrons. The van der Waals surface area contributed by atoms with E-state index in [4.69, 9.17) is 0 Å². The van der Waals surface area contributed by atoms with Crippen LogP contribution < -0.4 is 0 Å². The van der Waals surface area contributed by atoms with Gasteiger partial charge >= 0.3 is 0 Å². The van der Waals surface area contributed by atoms with Gasteiger partial charge in [0.1, 0.15) is 0 Å². The van der Waals surface area contributed by atoms with Crippen LogP contribution in [-0.2, 0) is 6.04 Å². The predicted octanol–water partition coefficient (Wildman–Crippen LogP) is 5.86. The normalized spacial score (nSPS) is 15.1. The molecule has 0 aromatic carbocycles. The van der Waals surface area contributed by atoms with Crippen LogP contribution in [0.5, 0.6) is 0 Å². The lowest BCUT2D eigenvalue weighted by molar-refractivity contribution is 0.383. The third-order valence-electron chi connectivity index (χ3n) is 4.55. The Morgan fingerprint density at radius 1 is 1.10 bits per heavy atom. The van der Waals surface area contributed by atoms with Crippen molar-refractivity contribution in [1.82, 2.24) is 4.98 Å². The molecule has 1 aromatic rings. The molecule has 0 saturated heterocycles. The summed E-state index contributed by atoms with van der Waals surface area (Å²) in [4.78, 5) is 4.67. The Morgan fingerprint density at radius 2 is 1.67 bits per heavy atom. The highest BCUT2D eigenvalue weighted by molar-refractivity contribution is 6.96. The molecule has 21 heavy (non-hydrogen) atoms. The quantitative estimate of drug-likeness (QED) is 0.619. The van der Waals surface area contributed by atoms with Gasteiger partial charge in [0.05, 0.1) is 8.07 Å². The molecule has 3 heteroatoms. The van der Waals surface area contributed by atoms with Crippen molar-refractivity contribution in [2.24, 2.45) is 5.41 Å². The molecule has 0 aliphatic carbocycles. The lowest BCUT2D eigenvalue weighted by Gasteiger charge is -2.44. The highest BCUT2D eigenvalue weighted by atomic mass is 28.4. The van der Waals surface area contributed by atoms with E-state index in [9.17, 15) is 0 Å². The first kappa shape index (κ1) is 18.6. The second kappa shape index (κ2) is 6.37. The molecule has 1 aromatic heterocycles. The van der Waals surface area contributed by atoms with E-state index in [0.717, 1.165) is 5.16 Å². The van der Waals surface area contributed by atoms with E-state index in [1.54, 1.807) is 0 Å². The van der Waals surface area contributed by atoms with Gasteiger partial charge in [-0.15, -0.1) is 0 Å². The van der Waals surface area contributed by atoms with E-state index < -0.39 is 16.1 Å². The zero-order chi connectivity index (χ0) is 16.5. The molecule has 0 spiro atoms. The number of pyridine rings is 1. The van der Waals surface area contributed by atoms with Crippen LogP contribution in [0.2, 0.25) is 37.9 Å². The first-order chi connectivity index (χ1) is 9.33. The lowest BCUT2D eigenvalue weighted by Crippen LogP contribution is -2.49. The van der Waals surface area contributed by atoms with E-state index >= 15 is 0 Å². The van der Waals surface area contributed by atoms with Crippen LogP contribution in [-0.4, -0.2) is 21.1 Å². The number of hydrogen-bond acceptors (Lipinski definition) is 1. The third kappa shape index (κ3) is 5.70. The third-order valence-corrected chi connectivity index (χ3v) is 15.1. The Morgan fingerprint density at radius 3 is 2.10 bits per heavy atom. The van der Waals surface area contributed by atoms with E-state index in [1.165, 1.54) is 23.7 Å². The van der Waals surface area contributed by atoms with Crippen LogP contribution in [0, 0.1) is 12.3 Å². The van der Waals surface area contributed by atoms with Gasteiger partial charge in [-0.25, -0.2) is 0 Å². The Labute approximate surface area is 134 Å². The smallest absolute Gasteiger partial charge is 0.0542 e. The molecular formula is C18H35NSi2. The first-order valence-electron chi connectivity index (χ1n) is 8.23. The average Bonchev–Trinajstić information content (AvgIpc) is 2.26. The maximum Gasteiger partial charge on any atom is 0.0542 e. The van der Waals surface area contributed by atoms with Gasteiger partial charge < -0.3 is 0 Å². The fourth-order valence-electron chi connectivity index (χ4n) is 3.63. The largest absolute Gasteiger partial charge is 0.261 e. The van der Waals surface area contributed by atoms with Crippen molar-refractivity contribution in [3.63, 3.8) is 0 Å². The summed E-state index contributed by atoms with van der Waals surface area (Å²) in [5.74, 6) is 0. The van der Waals surface area contributed by atoms with E-state index in [2.05, 4.69) is 77.5 Å². The Balaban J connectivity index is 3.07. The highest BCUT2D eigenvalue weighted by Crippen LogP contribution is 2.42. The van der Waals surface area contributed by atoms with E-state index in [1.807, 2.05) is 6.20 Å². The molecule has 0 radical (unpaired) electrons. The van der Waals surface area contributed by atoms with Gasteiger partial charge in [0.2, 0.25) is 0 Å². The molecule has 0 N–H and O–H groups in total. The molecule has 1 rings (SSSR count). The number of hydrogen-bond donors (Lipinski definition) is 0. The summed E-state index contributed by atoms with van der Waals surface area (Å²) in [5, 5.41) is 0.936. The van der Waals surface area contributed by atoms with E-state index in [0.29, 0.717) is 5.41 Å². The Bertz CT molecular complexity index is 467. The number of aryl methyl sites for hydroxylation is 1. The van der Waals surface area contributed by atoms with Crippen LogP contribution in [0.4, 0.5) is 0 Å². The SMILES string of the molecule is Cc1cccnc1C[Si](C)(C)C(CC(C)(C)C)[Si](C)(C)C. The second-order valence-electron chi connectivity index (χ2n) is 9.62. The zero-order valence-electron chi connectivity index (χ0n) is 15.7. The minimum Gasteiger partial charge on any atom is -0.261 e. The molecule has 0 bridgehead atoms. The maximum absolute atomic E-state index is 4.67. The van der Waals surface area contributed by atoms with Gasteiger partial charge in [-0.1, -0.05) is 66.0 Å². The number of rotatable bonds is 5. The van der Waals surface area contributed by atoms with Crippen molar-refractivity contribution in [3.8, 4) is 0 Å². The van der Waals surface area contributed by atoms with Gasteiger partial charge in [0.25, 0.3) is 0 Å². The molecule has 1 atom stereocenters. The minimum absolute atomic E-state index is 0.425. The molecule has 0 aliphatic heterocycles. The minimum atomic E-state index is -1.35. The van der Waals surface area contributed by atoms with Crippen LogP contribution in [0.25, 0.3) is 0 Å².